The van der Waals surface area contributed by atoms with E-state index in [9.17, 15) is 26.7 Å². The molecule has 1 rings (SSSR count). The molecule has 0 atom stereocenters. The van der Waals surface area contributed by atoms with Gasteiger partial charge in [0.25, 0.3) is 0 Å². The first-order valence-corrected chi connectivity index (χ1v) is 4.12. The van der Waals surface area contributed by atoms with Crippen molar-refractivity contribution < 1.29 is 36.2 Å². The van der Waals surface area contributed by atoms with Gasteiger partial charge in [-0.2, -0.15) is 8.78 Å². The van der Waals surface area contributed by atoms with Gasteiger partial charge in [-0.3, -0.25) is 4.79 Å². The van der Waals surface area contributed by atoms with Gasteiger partial charge >= 0.3 is 13.0 Å². The van der Waals surface area contributed by atoms with Gasteiger partial charge in [-0.05, 0) is 12.1 Å². The zero-order valence-corrected chi connectivity index (χ0v) is 8.00. The number of carbonyl (C=O) groups excluding carboxylic acids is 1. The van der Waals surface area contributed by atoms with Gasteiger partial charge in [0.1, 0.15) is 11.5 Å². The van der Waals surface area contributed by atoms with Crippen LogP contribution in [0.2, 0.25) is 0 Å². The highest BCUT2D eigenvalue weighted by atomic mass is 19.4. The van der Waals surface area contributed by atoms with Gasteiger partial charge in [0, 0.05) is 0 Å². The van der Waals surface area contributed by atoms with E-state index in [-0.39, 0.29) is 6.29 Å². The van der Waals surface area contributed by atoms with Crippen molar-refractivity contribution in [3.8, 4) is 11.5 Å². The van der Waals surface area contributed by atoms with E-state index in [1.807, 2.05) is 0 Å². The zero-order chi connectivity index (χ0) is 13.1. The summed E-state index contributed by atoms with van der Waals surface area (Å²) in [5.41, 5.74) is -0.731. The van der Waals surface area contributed by atoms with E-state index < -0.39 is 30.0 Å². The summed E-state index contributed by atoms with van der Waals surface area (Å²) in [4.78, 5) is 10.5. The molecule has 0 fully saturated rings. The predicted molar refractivity (Wildman–Crippen MR) is 45.1 cm³/mol. The second-order valence-corrected chi connectivity index (χ2v) is 2.71. The van der Waals surface area contributed by atoms with Gasteiger partial charge in [0.2, 0.25) is 0 Å². The van der Waals surface area contributed by atoms with Crippen molar-refractivity contribution in [1.29, 1.82) is 0 Å². The molecule has 17 heavy (non-hydrogen) atoms. The third kappa shape index (κ3) is 3.89. The minimum atomic E-state index is -5.03. The number of hydrogen-bond donors (Lipinski definition) is 0. The predicted octanol–water partition coefficient (Wildman–Crippen LogP) is 3.00. The molecule has 1 aromatic rings. The molecule has 0 saturated heterocycles. The quantitative estimate of drug-likeness (QED) is 0.613. The van der Waals surface area contributed by atoms with Crippen molar-refractivity contribution in [3.05, 3.63) is 23.8 Å². The van der Waals surface area contributed by atoms with Gasteiger partial charge < -0.3 is 9.47 Å². The molecule has 0 aliphatic heterocycles. The number of alkyl halides is 5. The monoisotopic (exact) mass is 256 g/mol. The average molecular weight is 256 g/mol. The Morgan fingerprint density at radius 3 is 2.24 bits per heavy atom. The molecule has 0 saturated carbocycles. The number of benzene rings is 1. The Hall–Kier alpha value is -1.86. The fourth-order valence-electron chi connectivity index (χ4n) is 1.05. The van der Waals surface area contributed by atoms with E-state index in [0.717, 1.165) is 18.2 Å². The van der Waals surface area contributed by atoms with Crippen LogP contribution in [0, 0.1) is 0 Å². The Morgan fingerprint density at radius 1 is 1.18 bits per heavy atom. The Morgan fingerprint density at radius 2 is 1.76 bits per heavy atom. The maximum absolute atomic E-state index is 11.9. The van der Waals surface area contributed by atoms with Crippen molar-refractivity contribution in [3.63, 3.8) is 0 Å². The average Bonchev–Trinajstić information content (AvgIpc) is 2.14. The topological polar surface area (TPSA) is 35.5 Å². The third-order valence-corrected chi connectivity index (χ3v) is 1.59. The summed E-state index contributed by atoms with van der Waals surface area (Å²) < 4.78 is 67.0. The smallest absolute Gasteiger partial charge is 0.434 e. The number of aldehydes is 1. The van der Waals surface area contributed by atoms with Crippen molar-refractivity contribution >= 4 is 6.29 Å². The lowest BCUT2D eigenvalue weighted by Gasteiger charge is -2.13. The normalized spacial score (nSPS) is 11.4. The molecular formula is C9H5F5O3. The lowest BCUT2D eigenvalue weighted by atomic mass is 10.2. The number of halogens is 5. The van der Waals surface area contributed by atoms with Gasteiger partial charge in [-0.15, -0.1) is 13.2 Å². The first-order chi connectivity index (χ1) is 7.83. The van der Waals surface area contributed by atoms with Crippen LogP contribution in [0.15, 0.2) is 18.2 Å². The lowest BCUT2D eigenvalue weighted by Crippen LogP contribution is -2.18. The van der Waals surface area contributed by atoms with Gasteiger partial charge in [-0.25, -0.2) is 0 Å². The molecule has 0 bridgehead atoms. The molecular weight excluding hydrogens is 251 g/mol. The Bertz CT molecular complexity index is 402. The highest BCUT2D eigenvalue weighted by Crippen LogP contribution is 2.31. The standard InChI is InChI=1S/C9H5F5O3/c10-8(11)16-6-2-1-3-7(5(6)4-15)17-9(12,13)14/h1-4,8H. The zero-order valence-electron chi connectivity index (χ0n) is 8.00. The number of ether oxygens (including phenoxy) is 2. The largest absolute Gasteiger partial charge is 0.573 e. The first kappa shape index (κ1) is 13.2. The highest BCUT2D eigenvalue weighted by molar-refractivity contribution is 5.83. The molecule has 0 aliphatic rings. The minimum Gasteiger partial charge on any atom is -0.434 e. The fourth-order valence-corrected chi connectivity index (χ4v) is 1.05. The summed E-state index contributed by atoms with van der Waals surface area (Å²) in [5, 5.41) is 0. The summed E-state index contributed by atoms with van der Waals surface area (Å²) in [6.45, 7) is -3.25. The SMILES string of the molecule is O=Cc1c(OC(F)F)cccc1OC(F)(F)F. The van der Waals surface area contributed by atoms with Gasteiger partial charge in [0.15, 0.2) is 6.29 Å². The first-order valence-electron chi connectivity index (χ1n) is 4.12. The molecule has 0 heterocycles. The summed E-state index contributed by atoms with van der Waals surface area (Å²) in [6.07, 6.45) is -5.08. The van der Waals surface area contributed by atoms with Crippen LogP contribution in [-0.2, 0) is 0 Å². The number of rotatable bonds is 4. The molecule has 0 radical (unpaired) electrons. The van der Waals surface area contributed by atoms with Crippen molar-refractivity contribution in [2.24, 2.45) is 0 Å². The van der Waals surface area contributed by atoms with Crippen LogP contribution in [0.4, 0.5) is 22.0 Å². The van der Waals surface area contributed by atoms with E-state index in [4.69, 9.17) is 0 Å². The fraction of sp³-hybridized carbons (Fsp3) is 0.222. The van der Waals surface area contributed by atoms with Crippen LogP contribution >= 0.6 is 0 Å². The van der Waals surface area contributed by atoms with Gasteiger partial charge in [0.05, 0.1) is 5.56 Å². The molecule has 0 unspecified atom stereocenters. The third-order valence-electron chi connectivity index (χ3n) is 1.59. The summed E-state index contributed by atoms with van der Waals surface area (Å²) >= 11 is 0. The van der Waals surface area contributed by atoms with Crippen LogP contribution < -0.4 is 9.47 Å². The van der Waals surface area contributed by atoms with Crippen molar-refractivity contribution in [1.82, 2.24) is 0 Å². The van der Waals surface area contributed by atoms with Crippen LogP contribution in [0.5, 0.6) is 11.5 Å². The molecule has 0 spiro atoms. The van der Waals surface area contributed by atoms with Crippen molar-refractivity contribution in [2.75, 3.05) is 0 Å². The maximum atomic E-state index is 11.9. The summed E-state index contributed by atoms with van der Waals surface area (Å²) in [5.74, 6) is -1.58. The molecule has 94 valence electrons. The highest BCUT2D eigenvalue weighted by Gasteiger charge is 2.32. The van der Waals surface area contributed by atoms with E-state index in [2.05, 4.69) is 9.47 Å². The van der Waals surface area contributed by atoms with E-state index in [0.29, 0.717) is 0 Å². The second kappa shape index (κ2) is 4.98. The van der Waals surface area contributed by atoms with E-state index in [1.54, 1.807) is 0 Å². The molecule has 3 nitrogen and oxygen atoms in total. The number of hydrogen-bond acceptors (Lipinski definition) is 3. The van der Waals surface area contributed by atoms with Crippen LogP contribution in [0.1, 0.15) is 10.4 Å². The van der Waals surface area contributed by atoms with Crippen molar-refractivity contribution in [2.45, 2.75) is 13.0 Å². The summed E-state index contributed by atoms with van der Waals surface area (Å²) in [6, 6.07) is 2.74. The Balaban J connectivity index is 3.10. The van der Waals surface area contributed by atoms with Gasteiger partial charge in [-0.1, -0.05) is 6.07 Å². The molecule has 0 N–H and O–H groups in total. The summed E-state index contributed by atoms with van der Waals surface area (Å²) in [7, 11) is 0. The van der Waals surface area contributed by atoms with Crippen LogP contribution in [0.3, 0.4) is 0 Å². The molecule has 0 amide bonds. The van der Waals surface area contributed by atoms with E-state index in [1.165, 1.54) is 0 Å². The molecule has 1 aromatic carbocycles. The maximum Gasteiger partial charge on any atom is 0.573 e. The number of carbonyl (C=O) groups is 1. The molecule has 8 heteroatoms. The van der Waals surface area contributed by atoms with Crippen LogP contribution in [0.25, 0.3) is 0 Å². The second-order valence-electron chi connectivity index (χ2n) is 2.71. The molecule has 0 aliphatic carbocycles. The Labute approximate surface area is 91.7 Å². The van der Waals surface area contributed by atoms with Crippen LogP contribution in [-0.4, -0.2) is 19.3 Å². The molecule has 0 aromatic heterocycles. The Kier molecular flexibility index (Phi) is 3.87. The van der Waals surface area contributed by atoms with E-state index >= 15 is 0 Å². The minimum absolute atomic E-state index is 0.0568. The lowest BCUT2D eigenvalue weighted by molar-refractivity contribution is -0.274.